The highest BCUT2D eigenvalue weighted by Crippen LogP contribution is 2.35. The fourth-order valence-corrected chi connectivity index (χ4v) is 4.67. The zero-order valence-electron chi connectivity index (χ0n) is 16.0. The molecule has 23 heavy (non-hydrogen) atoms. The minimum absolute atomic E-state index is 0.338. The highest BCUT2D eigenvalue weighted by Gasteiger charge is 2.32. The van der Waals surface area contributed by atoms with Crippen LogP contribution >= 0.6 is 0 Å². The molecule has 1 aliphatic heterocycles. The van der Waals surface area contributed by atoms with E-state index >= 15 is 0 Å². The van der Waals surface area contributed by atoms with Gasteiger partial charge in [0.25, 0.3) is 0 Å². The molecule has 0 radical (unpaired) electrons. The van der Waals surface area contributed by atoms with E-state index in [0.29, 0.717) is 36.6 Å². The number of β-amino-alcohol motifs (C(OH)–C–C–N with tert-alkyl or cyclic N) is 1. The van der Waals surface area contributed by atoms with E-state index in [9.17, 15) is 5.11 Å². The van der Waals surface area contributed by atoms with Crippen molar-refractivity contribution in [1.29, 1.82) is 0 Å². The van der Waals surface area contributed by atoms with E-state index in [1.54, 1.807) is 0 Å². The second-order valence-electron chi connectivity index (χ2n) is 8.68. The molecule has 0 aromatic carbocycles. The van der Waals surface area contributed by atoms with E-state index in [4.69, 9.17) is 4.74 Å². The van der Waals surface area contributed by atoms with Gasteiger partial charge < -0.3 is 9.84 Å². The SMILES string of the molecule is CC(C)[C@H]1CC[C@H](C)C[C@H]1OC[C@H](O)CN1[C@H](C)CCC[C@@H]1C. The van der Waals surface area contributed by atoms with Crippen LogP contribution in [-0.4, -0.2) is 47.4 Å². The number of aliphatic hydroxyl groups is 1. The molecule has 6 atom stereocenters. The van der Waals surface area contributed by atoms with Gasteiger partial charge in [-0.15, -0.1) is 0 Å². The Labute approximate surface area is 143 Å². The lowest BCUT2D eigenvalue weighted by atomic mass is 9.75. The molecule has 2 aliphatic rings. The van der Waals surface area contributed by atoms with Crippen molar-refractivity contribution in [2.24, 2.45) is 17.8 Å². The van der Waals surface area contributed by atoms with Crippen molar-refractivity contribution in [3.63, 3.8) is 0 Å². The minimum atomic E-state index is -0.358. The first-order valence-electron chi connectivity index (χ1n) is 9.93. The highest BCUT2D eigenvalue weighted by atomic mass is 16.5. The molecular formula is C20H39NO2. The van der Waals surface area contributed by atoms with Crippen LogP contribution in [0, 0.1) is 17.8 Å². The monoisotopic (exact) mass is 325 g/mol. The smallest absolute Gasteiger partial charge is 0.0900 e. The maximum absolute atomic E-state index is 10.5. The Hall–Kier alpha value is -0.120. The minimum Gasteiger partial charge on any atom is -0.389 e. The van der Waals surface area contributed by atoms with Gasteiger partial charge in [-0.2, -0.15) is 0 Å². The molecule has 1 heterocycles. The molecule has 1 saturated heterocycles. The van der Waals surface area contributed by atoms with Crippen LogP contribution in [0.5, 0.6) is 0 Å². The third-order valence-corrected chi connectivity index (χ3v) is 6.26. The van der Waals surface area contributed by atoms with Gasteiger partial charge in [0.1, 0.15) is 0 Å². The predicted octanol–water partition coefficient (Wildman–Crippen LogP) is 4.09. The van der Waals surface area contributed by atoms with Crippen LogP contribution in [0.4, 0.5) is 0 Å². The zero-order chi connectivity index (χ0) is 17.0. The molecule has 136 valence electrons. The Bertz CT molecular complexity index is 337. The van der Waals surface area contributed by atoms with E-state index in [1.165, 1.54) is 32.1 Å². The molecule has 3 nitrogen and oxygen atoms in total. The highest BCUT2D eigenvalue weighted by molar-refractivity contribution is 4.83. The van der Waals surface area contributed by atoms with Crippen LogP contribution in [-0.2, 0) is 4.74 Å². The zero-order valence-corrected chi connectivity index (χ0v) is 16.0. The van der Waals surface area contributed by atoms with Gasteiger partial charge in [-0.05, 0) is 57.3 Å². The van der Waals surface area contributed by atoms with E-state index in [0.717, 1.165) is 18.9 Å². The molecule has 0 aromatic rings. The number of likely N-dealkylation sites (tertiary alicyclic amines) is 1. The number of rotatable bonds is 6. The van der Waals surface area contributed by atoms with Crippen LogP contribution in [0.3, 0.4) is 0 Å². The summed E-state index contributed by atoms with van der Waals surface area (Å²) in [4.78, 5) is 2.47. The van der Waals surface area contributed by atoms with Crippen molar-refractivity contribution < 1.29 is 9.84 Å². The summed E-state index contributed by atoms with van der Waals surface area (Å²) in [5, 5.41) is 10.5. The van der Waals surface area contributed by atoms with E-state index in [1.807, 2.05) is 0 Å². The van der Waals surface area contributed by atoms with E-state index in [-0.39, 0.29) is 6.10 Å². The molecule has 1 N–H and O–H groups in total. The average Bonchev–Trinajstić information content (AvgIpc) is 2.49. The first-order valence-corrected chi connectivity index (χ1v) is 9.93. The number of hydrogen-bond donors (Lipinski definition) is 1. The van der Waals surface area contributed by atoms with Crippen molar-refractivity contribution in [3.8, 4) is 0 Å². The maximum Gasteiger partial charge on any atom is 0.0900 e. The maximum atomic E-state index is 10.5. The Balaban J connectivity index is 1.81. The first-order chi connectivity index (χ1) is 10.9. The number of ether oxygens (including phenoxy) is 1. The van der Waals surface area contributed by atoms with Gasteiger partial charge in [0.05, 0.1) is 18.8 Å². The summed E-state index contributed by atoms with van der Waals surface area (Å²) in [7, 11) is 0. The van der Waals surface area contributed by atoms with Gasteiger partial charge in [-0.25, -0.2) is 0 Å². The number of aliphatic hydroxyl groups excluding tert-OH is 1. The second-order valence-corrected chi connectivity index (χ2v) is 8.68. The quantitative estimate of drug-likeness (QED) is 0.798. The topological polar surface area (TPSA) is 32.7 Å². The van der Waals surface area contributed by atoms with Gasteiger partial charge in [0, 0.05) is 18.6 Å². The van der Waals surface area contributed by atoms with Crippen LogP contribution in [0.15, 0.2) is 0 Å². The summed E-state index contributed by atoms with van der Waals surface area (Å²) < 4.78 is 6.22. The molecule has 0 spiro atoms. The van der Waals surface area contributed by atoms with Crippen molar-refractivity contribution in [3.05, 3.63) is 0 Å². The largest absolute Gasteiger partial charge is 0.389 e. The Morgan fingerprint density at radius 1 is 1.04 bits per heavy atom. The van der Waals surface area contributed by atoms with Crippen LogP contribution in [0.2, 0.25) is 0 Å². The molecule has 0 aromatic heterocycles. The molecular weight excluding hydrogens is 286 g/mol. The van der Waals surface area contributed by atoms with Gasteiger partial charge >= 0.3 is 0 Å². The van der Waals surface area contributed by atoms with Crippen molar-refractivity contribution in [1.82, 2.24) is 4.90 Å². The third kappa shape index (κ3) is 5.44. The van der Waals surface area contributed by atoms with Crippen LogP contribution in [0.1, 0.15) is 73.1 Å². The van der Waals surface area contributed by atoms with Gasteiger partial charge in [0.2, 0.25) is 0 Å². The summed E-state index contributed by atoms with van der Waals surface area (Å²) in [6.45, 7) is 12.8. The molecule has 1 saturated carbocycles. The number of piperidine rings is 1. The Kier molecular flexibility index (Phi) is 7.37. The first kappa shape index (κ1) is 19.2. The van der Waals surface area contributed by atoms with E-state index < -0.39 is 0 Å². The standard InChI is InChI=1S/C20H39NO2/c1-14(2)19-10-9-15(3)11-20(19)23-13-18(22)12-21-16(4)7-6-8-17(21)5/h14-20,22H,6-13H2,1-5H3/t15-,16-,17+,18+,19+,20+/m0/s1. The van der Waals surface area contributed by atoms with Gasteiger partial charge in [-0.1, -0.05) is 33.6 Å². The molecule has 2 rings (SSSR count). The van der Waals surface area contributed by atoms with Gasteiger partial charge in [0.15, 0.2) is 0 Å². The number of hydrogen-bond acceptors (Lipinski definition) is 3. The van der Waals surface area contributed by atoms with E-state index in [2.05, 4.69) is 39.5 Å². The lowest BCUT2D eigenvalue weighted by molar-refractivity contribution is -0.0793. The molecule has 0 amide bonds. The summed E-state index contributed by atoms with van der Waals surface area (Å²) >= 11 is 0. The molecule has 2 fully saturated rings. The molecule has 0 unspecified atom stereocenters. The predicted molar refractivity (Wildman–Crippen MR) is 96.6 cm³/mol. The Morgan fingerprint density at radius 3 is 2.30 bits per heavy atom. The second kappa shape index (κ2) is 8.82. The summed E-state index contributed by atoms with van der Waals surface area (Å²) in [6.07, 6.45) is 7.58. The lowest BCUT2D eigenvalue weighted by Crippen LogP contribution is -2.48. The third-order valence-electron chi connectivity index (χ3n) is 6.26. The van der Waals surface area contributed by atoms with Crippen LogP contribution in [0.25, 0.3) is 0 Å². The normalized spacial score (nSPS) is 38.0. The van der Waals surface area contributed by atoms with Crippen molar-refractivity contribution in [2.45, 2.75) is 97.4 Å². The Morgan fingerprint density at radius 2 is 1.70 bits per heavy atom. The van der Waals surface area contributed by atoms with Gasteiger partial charge in [-0.3, -0.25) is 4.90 Å². The van der Waals surface area contributed by atoms with Crippen molar-refractivity contribution in [2.75, 3.05) is 13.2 Å². The fourth-order valence-electron chi connectivity index (χ4n) is 4.67. The summed E-state index contributed by atoms with van der Waals surface area (Å²) in [5.74, 6) is 2.09. The fraction of sp³-hybridized carbons (Fsp3) is 1.00. The summed E-state index contributed by atoms with van der Waals surface area (Å²) in [5.41, 5.74) is 0. The molecule has 0 bridgehead atoms. The molecule has 1 aliphatic carbocycles. The summed E-state index contributed by atoms with van der Waals surface area (Å²) in [6, 6.07) is 1.18. The average molecular weight is 326 g/mol. The lowest BCUT2D eigenvalue weighted by Gasteiger charge is -2.41. The van der Waals surface area contributed by atoms with Crippen LogP contribution < -0.4 is 0 Å². The molecule has 3 heteroatoms. The van der Waals surface area contributed by atoms with Crippen molar-refractivity contribution >= 4 is 0 Å². The number of nitrogens with zero attached hydrogens (tertiary/aromatic N) is 1.